The molecule has 0 N–H and O–H groups in total. The van der Waals surface area contributed by atoms with Gasteiger partial charge in [0.1, 0.15) is 5.82 Å². The predicted octanol–water partition coefficient (Wildman–Crippen LogP) is 3.11. The molecule has 2 heterocycles. The minimum absolute atomic E-state index is 0.433. The fraction of sp³-hybridized carbons (Fsp3) is 0.250. The molecule has 2 aromatic heterocycles. The van der Waals surface area contributed by atoms with Crippen molar-refractivity contribution in [3.8, 4) is 0 Å². The fourth-order valence-electron chi connectivity index (χ4n) is 1.12. The molecular weight excluding hydrogens is 286 g/mol. The Kier molecular flexibility index (Phi) is 2.90. The predicted molar refractivity (Wildman–Crippen MR) is 60.9 cm³/mol. The number of thiophene rings is 1. The van der Waals surface area contributed by atoms with Gasteiger partial charge in [-0.25, -0.2) is 0 Å². The Balaban J connectivity index is 2.31. The van der Waals surface area contributed by atoms with Crippen molar-refractivity contribution in [2.24, 2.45) is 0 Å². The number of halogens is 2. The van der Waals surface area contributed by atoms with Gasteiger partial charge in [0.2, 0.25) is 5.28 Å². The van der Waals surface area contributed by atoms with Crippen LogP contribution in [0.25, 0.3) is 0 Å². The topological polar surface area (TPSA) is 30.7 Å². The summed E-state index contributed by atoms with van der Waals surface area (Å²) in [6.45, 7) is 2.61. The number of hydrogen-bond acceptors (Lipinski definition) is 3. The summed E-state index contributed by atoms with van der Waals surface area (Å²) in [4.78, 5) is 1.22. The number of nitrogens with zero attached hydrogens (tertiary/aromatic N) is 3. The van der Waals surface area contributed by atoms with Gasteiger partial charge in [-0.15, -0.1) is 21.5 Å². The van der Waals surface area contributed by atoms with Crippen LogP contribution in [0.4, 0.5) is 0 Å². The average molecular weight is 293 g/mol. The normalized spacial score (nSPS) is 10.8. The monoisotopic (exact) mass is 291 g/mol. The molecule has 0 atom stereocenters. The molecule has 0 aliphatic rings. The summed E-state index contributed by atoms with van der Waals surface area (Å²) in [5.41, 5.74) is 0. The largest absolute Gasteiger partial charge is 0.297 e. The summed E-state index contributed by atoms with van der Waals surface area (Å²) in [6.07, 6.45) is 0. The Hall–Kier alpha value is -0.390. The van der Waals surface area contributed by atoms with Crippen LogP contribution in [-0.2, 0) is 6.54 Å². The fourth-order valence-corrected chi connectivity index (χ4v) is 2.80. The summed E-state index contributed by atoms with van der Waals surface area (Å²) in [6, 6.07) is 2.02. The third-order valence-electron chi connectivity index (χ3n) is 1.88. The molecule has 6 heteroatoms. The van der Waals surface area contributed by atoms with E-state index < -0.39 is 0 Å². The van der Waals surface area contributed by atoms with E-state index in [0.717, 1.165) is 16.8 Å². The maximum absolute atomic E-state index is 5.89. The molecular formula is C8H7BrClN3S. The molecule has 14 heavy (non-hydrogen) atoms. The van der Waals surface area contributed by atoms with E-state index in [1.807, 2.05) is 22.9 Å². The van der Waals surface area contributed by atoms with Crippen LogP contribution in [0.3, 0.4) is 0 Å². The van der Waals surface area contributed by atoms with Crippen molar-refractivity contribution in [3.63, 3.8) is 0 Å². The lowest BCUT2D eigenvalue weighted by atomic mass is 10.4. The second-order valence-corrected chi connectivity index (χ2v) is 4.99. The van der Waals surface area contributed by atoms with Crippen molar-refractivity contribution in [1.29, 1.82) is 0 Å². The highest BCUT2D eigenvalue weighted by Gasteiger charge is 2.09. The van der Waals surface area contributed by atoms with Gasteiger partial charge in [-0.2, -0.15) is 0 Å². The van der Waals surface area contributed by atoms with E-state index >= 15 is 0 Å². The minimum atomic E-state index is 0.433. The standard InChI is InChI=1S/C8H7BrClN3S/c1-5-11-12-8(10)13(5)4-7-6(9)2-3-14-7/h2-3H,4H2,1H3. The van der Waals surface area contributed by atoms with Gasteiger partial charge in [0.25, 0.3) is 0 Å². The number of rotatable bonds is 2. The molecule has 2 rings (SSSR count). The molecule has 0 radical (unpaired) electrons. The van der Waals surface area contributed by atoms with Crippen molar-refractivity contribution in [2.75, 3.05) is 0 Å². The Morgan fingerprint density at radius 3 is 2.86 bits per heavy atom. The lowest BCUT2D eigenvalue weighted by molar-refractivity contribution is 0.770. The van der Waals surface area contributed by atoms with E-state index in [1.165, 1.54) is 4.88 Å². The molecule has 3 nitrogen and oxygen atoms in total. The Bertz CT molecular complexity index is 432. The van der Waals surface area contributed by atoms with E-state index in [4.69, 9.17) is 11.6 Å². The van der Waals surface area contributed by atoms with Crippen LogP contribution in [0.2, 0.25) is 5.28 Å². The van der Waals surface area contributed by atoms with Gasteiger partial charge in [-0.1, -0.05) is 0 Å². The van der Waals surface area contributed by atoms with Crippen LogP contribution >= 0.6 is 38.9 Å². The highest BCUT2D eigenvalue weighted by Crippen LogP contribution is 2.24. The SMILES string of the molecule is Cc1nnc(Cl)n1Cc1sccc1Br. The third kappa shape index (κ3) is 1.85. The average Bonchev–Trinajstić information content (AvgIpc) is 2.67. The first-order valence-electron chi connectivity index (χ1n) is 3.95. The van der Waals surface area contributed by atoms with Crippen molar-refractivity contribution < 1.29 is 0 Å². The molecule has 0 spiro atoms. The lowest BCUT2D eigenvalue weighted by Gasteiger charge is -2.03. The smallest absolute Gasteiger partial charge is 0.225 e. The molecule has 74 valence electrons. The van der Waals surface area contributed by atoms with Crippen molar-refractivity contribution in [1.82, 2.24) is 14.8 Å². The van der Waals surface area contributed by atoms with Crippen LogP contribution in [0.15, 0.2) is 15.9 Å². The quantitative estimate of drug-likeness (QED) is 0.851. The summed E-state index contributed by atoms with van der Waals surface area (Å²) in [7, 11) is 0. The van der Waals surface area contributed by atoms with Gasteiger partial charge < -0.3 is 0 Å². The molecule has 0 bridgehead atoms. The first-order chi connectivity index (χ1) is 6.68. The molecule has 0 aliphatic carbocycles. The molecule has 0 saturated heterocycles. The molecule has 0 aliphatic heterocycles. The van der Waals surface area contributed by atoms with Crippen molar-refractivity contribution in [2.45, 2.75) is 13.5 Å². The van der Waals surface area contributed by atoms with Gasteiger partial charge in [-0.3, -0.25) is 4.57 Å². The third-order valence-corrected chi connectivity index (χ3v) is 4.07. The number of aromatic nitrogens is 3. The van der Waals surface area contributed by atoms with Gasteiger partial charge in [0.15, 0.2) is 0 Å². The van der Waals surface area contributed by atoms with E-state index in [0.29, 0.717) is 5.28 Å². The number of aryl methyl sites for hydroxylation is 1. The molecule has 0 aromatic carbocycles. The first-order valence-corrected chi connectivity index (χ1v) is 6.00. The highest BCUT2D eigenvalue weighted by atomic mass is 79.9. The summed E-state index contributed by atoms with van der Waals surface area (Å²) < 4.78 is 2.98. The van der Waals surface area contributed by atoms with Crippen LogP contribution in [0, 0.1) is 6.92 Å². The van der Waals surface area contributed by atoms with Crippen LogP contribution in [0.5, 0.6) is 0 Å². The van der Waals surface area contributed by atoms with E-state index in [9.17, 15) is 0 Å². The Morgan fingerprint density at radius 2 is 2.36 bits per heavy atom. The van der Waals surface area contributed by atoms with Gasteiger partial charge in [0.05, 0.1) is 6.54 Å². The molecule has 0 fully saturated rings. The van der Waals surface area contributed by atoms with E-state index in [2.05, 4.69) is 26.1 Å². The zero-order valence-electron chi connectivity index (χ0n) is 7.37. The summed E-state index contributed by atoms with van der Waals surface area (Å²) in [5, 5.41) is 10.2. The van der Waals surface area contributed by atoms with E-state index in [-0.39, 0.29) is 0 Å². The first kappa shape index (κ1) is 10.1. The molecule has 0 saturated carbocycles. The van der Waals surface area contributed by atoms with Gasteiger partial charge >= 0.3 is 0 Å². The Morgan fingerprint density at radius 1 is 1.57 bits per heavy atom. The highest BCUT2D eigenvalue weighted by molar-refractivity contribution is 9.10. The maximum Gasteiger partial charge on any atom is 0.225 e. The molecule has 0 unspecified atom stereocenters. The van der Waals surface area contributed by atoms with Crippen LogP contribution in [0.1, 0.15) is 10.7 Å². The summed E-state index contributed by atoms with van der Waals surface area (Å²) >= 11 is 11.1. The van der Waals surface area contributed by atoms with E-state index in [1.54, 1.807) is 11.3 Å². The minimum Gasteiger partial charge on any atom is -0.297 e. The van der Waals surface area contributed by atoms with Gasteiger partial charge in [-0.05, 0) is 45.9 Å². The summed E-state index contributed by atoms with van der Waals surface area (Å²) in [5.74, 6) is 0.829. The molecule has 2 aromatic rings. The second-order valence-electron chi connectivity index (χ2n) is 2.79. The maximum atomic E-state index is 5.89. The molecule has 0 amide bonds. The van der Waals surface area contributed by atoms with Crippen molar-refractivity contribution >= 4 is 38.9 Å². The van der Waals surface area contributed by atoms with Crippen molar-refractivity contribution in [3.05, 3.63) is 31.9 Å². The zero-order chi connectivity index (χ0) is 10.1. The van der Waals surface area contributed by atoms with Crippen LogP contribution in [-0.4, -0.2) is 14.8 Å². The van der Waals surface area contributed by atoms with Crippen LogP contribution < -0.4 is 0 Å². The van der Waals surface area contributed by atoms with Gasteiger partial charge in [0, 0.05) is 9.35 Å². The zero-order valence-corrected chi connectivity index (χ0v) is 10.5. The number of hydrogen-bond donors (Lipinski definition) is 0. The Labute approximate surface area is 98.9 Å². The lowest BCUT2D eigenvalue weighted by Crippen LogP contribution is -2.01. The second kappa shape index (κ2) is 4.00.